The first-order valence-corrected chi connectivity index (χ1v) is 10.9. The lowest BCUT2D eigenvalue weighted by Crippen LogP contribution is -2.19. The van der Waals surface area contributed by atoms with Crippen LogP contribution in [0.3, 0.4) is 0 Å². The van der Waals surface area contributed by atoms with Crippen molar-refractivity contribution in [2.75, 3.05) is 0 Å². The van der Waals surface area contributed by atoms with Crippen molar-refractivity contribution in [3.05, 3.63) is 57.8 Å². The van der Waals surface area contributed by atoms with Crippen molar-refractivity contribution >= 4 is 34.6 Å². The van der Waals surface area contributed by atoms with Gasteiger partial charge in [-0.05, 0) is 80.8 Å². The van der Waals surface area contributed by atoms with Gasteiger partial charge in [-0.2, -0.15) is 0 Å². The van der Waals surface area contributed by atoms with Gasteiger partial charge in [0.15, 0.2) is 5.17 Å². The van der Waals surface area contributed by atoms with Crippen LogP contribution < -0.4 is 5.32 Å². The number of nitrogens with zero attached hydrogens (tertiary/aromatic N) is 2. The third-order valence-corrected chi connectivity index (χ3v) is 6.54. The first-order valence-electron chi connectivity index (χ1n) is 10.1. The fourth-order valence-corrected chi connectivity index (χ4v) is 5.12. The first kappa shape index (κ1) is 19.1. The van der Waals surface area contributed by atoms with E-state index in [1.54, 1.807) is 0 Å². The van der Waals surface area contributed by atoms with Gasteiger partial charge in [-0.1, -0.05) is 31.4 Å². The summed E-state index contributed by atoms with van der Waals surface area (Å²) >= 11 is 1.41. The van der Waals surface area contributed by atoms with Crippen LogP contribution in [-0.4, -0.2) is 15.6 Å². The number of thioether (sulfide) groups is 1. The maximum Gasteiger partial charge on any atom is 0.264 e. The van der Waals surface area contributed by atoms with Crippen LogP contribution in [0.4, 0.5) is 5.69 Å². The molecule has 1 aliphatic carbocycles. The van der Waals surface area contributed by atoms with E-state index in [1.165, 1.54) is 55.3 Å². The number of carbonyl (C=O) groups excluding carboxylic acids is 1. The molecule has 1 aromatic heterocycles. The molecule has 4 rings (SSSR count). The van der Waals surface area contributed by atoms with E-state index in [0.717, 1.165) is 16.8 Å². The Morgan fingerprint density at radius 3 is 2.68 bits per heavy atom. The number of hydrogen-bond acceptors (Lipinski definition) is 3. The molecule has 1 aliphatic heterocycles. The van der Waals surface area contributed by atoms with Gasteiger partial charge in [0, 0.05) is 17.4 Å². The number of benzene rings is 1. The summed E-state index contributed by atoms with van der Waals surface area (Å²) in [7, 11) is 0. The van der Waals surface area contributed by atoms with Gasteiger partial charge in [-0.25, -0.2) is 4.99 Å². The van der Waals surface area contributed by atoms with Gasteiger partial charge in [0.2, 0.25) is 0 Å². The highest BCUT2D eigenvalue weighted by molar-refractivity contribution is 8.18. The van der Waals surface area contributed by atoms with E-state index in [9.17, 15) is 4.79 Å². The van der Waals surface area contributed by atoms with Crippen LogP contribution in [0, 0.1) is 20.8 Å². The van der Waals surface area contributed by atoms with E-state index in [0.29, 0.717) is 16.1 Å². The van der Waals surface area contributed by atoms with Crippen molar-refractivity contribution < 1.29 is 4.79 Å². The molecule has 2 fully saturated rings. The number of aryl methyl sites for hydroxylation is 2. The van der Waals surface area contributed by atoms with Crippen molar-refractivity contribution in [3.8, 4) is 0 Å². The predicted octanol–water partition coefficient (Wildman–Crippen LogP) is 5.81. The zero-order valence-electron chi connectivity index (χ0n) is 16.8. The van der Waals surface area contributed by atoms with Gasteiger partial charge in [0.1, 0.15) is 0 Å². The molecule has 1 amide bonds. The van der Waals surface area contributed by atoms with Crippen LogP contribution >= 0.6 is 11.8 Å². The maximum atomic E-state index is 12.5. The number of aliphatic imine (C=N–C) groups is 1. The van der Waals surface area contributed by atoms with E-state index in [-0.39, 0.29) is 5.91 Å². The minimum atomic E-state index is -0.0705. The van der Waals surface area contributed by atoms with Crippen LogP contribution in [0.1, 0.15) is 60.7 Å². The quantitative estimate of drug-likeness (QED) is 0.669. The maximum absolute atomic E-state index is 12.5. The summed E-state index contributed by atoms with van der Waals surface area (Å²) < 4.78 is 2.48. The Morgan fingerprint density at radius 2 is 1.93 bits per heavy atom. The van der Waals surface area contributed by atoms with E-state index in [1.807, 2.05) is 37.3 Å². The van der Waals surface area contributed by atoms with E-state index < -0.39 is 0 Å². The first-order chi connectivity index (χ1) is 13.5. The van der Waals surface area contributed by atoms with Gasteiger partial charge < -0.3 is 9.88 Å². The molecular weight excluding hydrogens is 366 g/mol. The highest BCUT2D eigenvalue weighted by atomic mass is 32.2. The molecular formula is C23H27N3OS. The van der Waals surface area contributed by atoms with Crippen molar-refractivity contribution in [2.45, 2.75) is 58.9 Å². The number of hydrogen-bond donors (Lipinski definition) is 1. The van der Waals surface area contributed by atoms with Gasteiger partial charge in [-0.3, -0.25) is 4.79 Å². The molecule has 2 aromatic rings. The second-order valence-electron chi connectivity index (χ2n) is 7.81. The Kier molecular flexibility index (Phi) is 5.44. The summed E-state index contributed by atoms with van der Waals surface area (Å²) in [5.74, 6) is -0.0705. The zero-order valence-corrected chi connectivity index (χ0v) is 17.6. The Bertz CT molecular complexity index is 964. The molecule has 0 unspecified atom stereocenters. The summed E-state index contributed by atoms with van der Waals surface area (Å²) in [5.41, 5.74) is 5.70. The molecule has 0 spiro atoms. The second kappa shape index (κ2) is 8.00. The largest absolute Gasteiger partial charge is 0.346 e. The highest BCUT2D eigenvalue weighted by Crippen LogP contribution is 2.34. The molecule has 2 heterocycles. The van der Waals surface area contributed by atoms with Crippen LogP contribution in [0.15, 0.2) is 40.2 Å². The number of rotatable bonds is 3. The van der Waals surface area contributed by atoms with Crippen LogP contribution in [0.5, 0.6) is 0 Å². The Hall–Kier alpha value is -2.27. The molecule has 2 aliphatic rings. The number of amidine groups is 1. The van der Waals surface area contributed by atoms with Gasteiger partial charge >= 0.3 is 0 Å². The number of carbonyl (C=O) groups is 1. The molecule has 0 bridgehead atoms. The molecule has 28 heavy (non-hydrogen) atoms. The molecule has 0 radical (unpaired) electrons. The third-order valence-electron chi connectivity index (χ3n) is 5.63. The molecule has 1 saturated heterocycles. The van der Waals surface area contributed by atoms with Gasteiger partial charge in [0.25, 0.3) is 5.91 Å². The molecule has 1 aromatic carbocycles. The predicted molar refractivity (Wildman–Crippen MR) is 118 cm³/mol. The third kappa shape index (κ3) is 3.95. The summed E-state index contributed by atoms with van der Waals surface area (Å²) in [6, 6.07) is 10.8. The van der Waals surface area contributed by atoms with E-state index in [2.05, 4.69) is 34.8 Å². The fourth-order valence-electron chi connectivity index (χ4n) is 4.29. The molecule has 4 nitrogen and oxygen atoms in total. The normalized spacial score (nSPS) is 20.9. The highest BCUT2D eigenvalue weighted by Gasteiger charge is 2.25. The van der Waals surface area contributed by atoms with Crippen molar-refractivity contribution in [2.24, 2.45) is 4.99 Å². The Labute approximate surface area is 171 Å². The lowest BCUT2D eigenvalue weighted by atomic mass is 9.95. The van der Waals surface area contributed by atoms with E-state index in [4.69, 9.17) is 0 Å². The molecule has 1 N–H and O–H groups in total. The molecule has 5 heteroatoms. The van der Waals surface area contributed by atoms with Crippen LogP contribution in [0.25, 0.3) is 6.08 Å². The second-order valence-corrected chi connectivity index (χ2v) is 8.84. The summed E-state index contributed by atoms with van der Waals surface area (Å²) in [6.45, 7) is 6.39. The topological polar surface area (TPSA) is 46.4 Å². The number of amides is 1. The summed E-state index contributed by atoms with van der Waals surface area (Å²) in [5, 5.41) is 3.54. The molecule has 1 saturated carbocycles. The lowest BCUT2D eigenvalue weighted by Gasteiger charge is -2.26. The summed E-state index contributed by atoms with van der Waals surface area (Å²) in [4.78, 5) is 17.7. The number of nitrogens with one attached hydrogen (secondary N) is 1. The van der Waals surface area contributed by atoms with Crippen molar-refractivity contribution in [3.63, 3.8) is 0 Å². The average Bonchev–Trinajstić information content (AvgIpc) is 3.14. The Morgan fingerprint density at radius 1 is 1.14 bits per heavy atom. The van der Waals surface area contributed by atoms with E-state index >= 15 is 0 Å². The van der Waals surface area contributed by atoms with Crippen molar-refractivity contribution in [1.82, 2.24) is 9.88 Å². The molecule has 146 valence electrons. The standard InChI is InChI=1S/C23H27N3OS/c1-15-8-7-9-19(12-15)24-23-25-22(27)21(28-23)14-18-13-16(2)26(17(18)3)20-10-5-4-6-11-20/h7-9,12-14,20H,4-6,10-11H2,1-3H3,(H,24,25,27)/b21-14-. The monoisotopic (exact) mass is 393 g/mol. The van der Waals surface area contributed by atoms with Gasteiger partial charge in [0.05, 0.1) is 10.6 Å². The summed E-state index contributed by atoms with van der Waals surface area (Å²) in [6.07, 6.45) is 8.52. The fraction of sp³-hybridized carbons (Fsp3) is 0.391. The SMILES string of the molecule is Cc1cccc(N=C2NC(=O)/C(=C/c3cc(C)n(C4CCCCC4)c3C)S2)c1. The average molecular weight is 394 g/mol. The minimum absolute atomic E-state index is 0.0705. The molecule has 0 atom stereocenters. The van der Waals surface area contributed by atoms with Crippen LogP contribution in [-0.2, 0) is 4.79 Å². The zero-order chi connectivity index (χ0) is 19.7. The minimum Gasteiger partial charge on any atom is -0.346 e. The smallest absolute Gasteiger partial charge is 0.264 e. The Balaban J connectivity index is 1.58. The number of aromatic nitrogens is 1. The van der Waals surface area contributed by atoms with Crippen LogP contribution in [0.2, 0.25) is 0 Å². The van der Waals surface area contributed by atoms with Gasteiger partial charge in [-0.15, -0.1) is 0 Å². The lowest BCUT2D eigenvalue weighted by molar-refractivity contribution is -0.115. The van der Waals surface area contributed by atoms with Crippen molar-refractivity contribution in [1.29, 1.82) is 0 Å².